The van der Waals surface area contributed by atoms with E-state index in [0.29, 0.717) is 18.0 Å². The van der Waals surface area contributed by atoms with Crippen LogP contribution in [0.3, 0.4) is 0 Å². The van der Waals surface area contributed by atoms with E-state index in [9.17, 15) is 9.59 Å². The molecule has 0 aliphatic carbocycles. The number of carbonyl (C=O) groups excluding carboxylic acids is 2. The summed E-state index contributed by atoms with van der Waals surface area (Å²) >= 11 is 0. The average molecular weight is 318 g/mol. The van der Waals surface area contributed by atoms with Gasteiger partial charge in [-0.15, -0.1) is 12.4 Å². The number of rotatable bonds is 6. The molecule has 0 fully saturated rings. The Morgan fingerprint density at radius 3 is 2.57 bits per heavy atom. The molecule has 1 aromatic heterocycles. The molecule has 1 heterocycles. The molecular weight excluding hydrogens is 294 g/mol. The van der Waals surface area contributed by atoms with Gasteiger partial charge in [0.2, 0.25) is 5.91 Å². The van der Waals surface area contributed by atoms with Crippen LogP contribution in [-0.2, 0) is 16.6 Å². The molecule has 0 spiro atoms. The van der Waals surface area contributed by atoms with Crippen molar-refractivity contribution in [1.82, 2.24) is 4.57 Å². The van der Waals surface area contributed by atoms with Crippen LogP contribution >= 0.6 is 12.4 Å². The molecule has 2 unspecified atom stereocenters. The number of ether oxygens (including phenoxy) is 1. The number of nitrogens with one attached hydrogen (secondary N) is 1. The van der Waals surface area contributed by atoms with Crippen LogP contribution in [0.25, 0.3) is 0 Å². The molecule has 3 N–H and O–H groups in total. The zero-order valence-corrected chi connectivity index (χ0v) is 13.7. The van der Waals surface area contributed by atoms with Crippen molar-refractivity contribution in [1.29, 1.82) is 0 Å². The van der Waals surface area contributed by atoms with Gasteiger partial charge in [0.05, 0.1) is 18.3 Å². The molecule has 1 amide bonds. The third-order valence-electron chi connectivity index (χ3n) is 3.32. The number of nitrogens with zero attached hydrogens (tertiary/aromatic N) is 1. The monoisotopic (exact) mass is 317 g/mol. The summed E-state index contributed by atoms with van der Waals surface area (Å²) in [6, 6.07) is 1.02. The van der Waals surface area contributed by atoms with Gasteiger partial charge >= 0.3 is 5.97 Å². The largest absolute Gasteiger partial charge is 0.461 e. The smallest absolute Gasteiger partial charge is 0.355 e. The first-order chi connectivity index (χ1) is 9.40. The summed E-state index contributed by atoms with van der Waals surface area (Å²) in [5.41, 5.74) is 6.79. The maximum Gasteiger partial charge on any atom is 0.355 e. The number of hydrogen-bond donors (Lipinski definition) is 2. The Morgan fingerprint density at radius 1 is 1.43 bits per heavy atom. The number of amides is 1. The van der Waals surface area contributed by atoms with Crippen molar-refractivity contribution in [3.05, 3.63) is 18.0 Å². The van der Waals surface area contributed by atoms with Crippen LogP contribution in [0, 0.1) is 5.92 Å². The number of aromatic nitrogens is 1. The lowest BCUT2D eigenvalue weighted by Crippen LogP contribution is -2.40. The minimum absolute atomic E-state index is 0. The Morgan fingerprint density at radius 2 is 2.05 bits per heavy atom. The summed E-state index contributed by atoms with van der Waals surface area (Å²) in [5.74, 6) is -0.565. The molecule has 0 radical (unpaired) electrons. The summed E-state index contributed by atoms with van der Waals surface area (Å²) in [6.45, 7) is 5.97. The van der Waals surface area contributed by atoms with Gasteiger partial charge < -0.3 is 20.4 Å². The first-order valence-corrected chi connectivity index (χ1v) is 6.80. The van der Waals surface area contributed by atoms with Crippen molar-refractivity contribution in [3.8, 4) is 0 Å². The standard InChI is InChI=1S/C14H23N3O3.ClH/c1-5-9(3)12(15)13(18)16-10-7-11(17(4)8-10)14(19)20-6-2;/h7-9,12H,5-6,15H2,1-4H3,(H,16,18);1H. The topological polar surface area (TPSA) is 86.3 Å². The van der Waals surface area contributed by atoms with Gasteiger partial charge in [-0.3, -0.25) is 4.79 Å². The number of carbonyl (C=O) groups is 2. The van der Waals surface area contributed by atoms with E-state index in [0.717, 1.165) is 6.42 Å². The fourth-order valence-electron chi connectivity index (χ4n) is 1.78. The second kappa shape index (κ2) is 8.69. The van der Waals surface area contributed by atoms with Crippen LogP contribution in [0.15, 0.2) is 12.3 Å². The molecule has 6 nitrogen and oxygen atoms in total. The van der Waals surface area contributed by atoms with Crippen molar-refractivity contribution in [2.24, 2.45) is 18.7 Å². The highest BCUT2D eigenvalue weighted by Gasteiger charge is 2.21. The summed E-state index contributed by atoms with van der Waals surface area (Å²) in [6.07, 6.45) is 2.49. The molecule has 0 bridgehead atoms. The Balaban J connectivity index is 0.00000400. The van der Waals surface area contributed by atoms with Crippen molar-refractivity contribution < 1.29 is 14.3 Å². The molecule has 1 aromatic rings. The number of nitrogens with two attached hydrogens (primary N) is 1. The van der Waals surface area contributed by atoms with E-state index in [1.165, 1.54) is 0 Å². The lowest BCUT2D eigenvalue weighted by atomic mass is 9.99. The fourth-order valence-corrected chi connectivity index (χ4v) is 1.78. The number of hydrogen-bond acceptors (Lipinski definition) is 4. The fraction of sp³-hybridized carbons (Fsp3) is 0.571. The molecule has 0 aliphatic rings. The van der Waals surface area contributed by atoms with E-state index < -0.39 is 12.0 Å². The van der Waals surface area contributed by atoms with Crippen LogP contribution in [0.4, 0.5) is 5.69 Å². The van der Waals surface area contributed by atoms with Crippen LogP contribution in [-0.4, -0.2) is 29.1 Å². The van der Waals surface area contributed by atoms with Gasteiger partial charge in [0.1, 0.15) is 5.69 Å². The molecule has 0 saturated carbocycles. The van der Waals surface area contributed by atoms with Gasteiger partial charge in [-0.1, -0.05) is 20.3 Å². The van der Waals surface area contributed by atoms with E-state index in [2.05, 4.69) is 5.32 Å². The zero-order valence-electron chi connectivity index (χ0n) is 12.9. The van der Waals surface area contributed by atoms with E-state index >= 15 is 0 Å². The summed E-state index contributed by atoms with van der Waals surface area (Å²) < 4.78 is 6.55. The maximum absolute atomic E-state index is 12.0. The Kier molecular flexibility index (Phi) is 8.06. The second-order valence-corrected chi connectivity index (χ2v) is 4.85. The molecule has 0 saturated heterocycles. The third kappa shape index (κ3) is 5.06. The third-order valence-corrected chi connectivity index (χ3v) is 3.32. The number of anilines is 1. The molecule has 120 valence electrons. The lowest BCUT2D eigenvalue weighted by Gasteiger charge is -2.17. The summed E-state index contributed by atoms with van der Waals surface area (Å²) in [7, 11) is 1.72. The van der Waals surface area contributed by atoms with Gasteiger partial charge in [-0.2, -0.15) is 0 Å². The van der Waals surface area contributed by atoms with Gasteiger partial charge in [-0.05, 0) is 18.9 Å². The Hall–Kier alpha value is -1.53. The predicted molar refractivity (Wildman–Crippen MR) is 84.7 cm³/mol. The Labute approximate surface area is 131 Å². The average Bonchev–Trinajstić information content (AvgIpc) is 2.78. The molecule has 0 aromatic carbocycles. The van der Waals surface area contributed by atoms with Crippen LogP contribution in [0.5, 0.6) is 0 Å². The minimum atomic E-state index is -0.564. The SMILES string of the molecule is CCOC(=O)c1cc(NC(=O)C(N)C(C)CC)cn1C.Cl. The van der Waals surface area contributed by atoms with Gasteiger partial charge in [0.25, 0.3) is 0 Å². The highest BCUT2D eigenvalue weighted by Crippen LogP contribution is 2.15. The number of esters is 1. The highest BCUT2D eigenvalue weighted by molar-refractivity contribution is 5.96. The first-order valence-electron chi connectivity index (χ1n) is 6.80. The summed E-state index contributed by atoms with van der Waals surface area (Å²) in [5, 5.41) is 2.72. The molecule has 2 atom stereocenters. The number of aryl methyl sites for hydroxylation is 1. The van der Waals surface area contributed by atoms with Crippen molar-refractivity contribution in [3.63, 3.8) is 0 Å². The lowest BCUT2D eigenvalue weighted by molar-refractivity contribution is -0.118. The first kappa shape index (κ1) is 19.5. The molecule has 1 rings (SSSR count). The maximum atomic E-state index is 12.0. The van der Waals surface area contributed by atoms with Crippen molar-refractivity contribution >= 4 is 30.0 Å². The van der Waals surface area contributed by atoms with E-state index in [4.69, 9.17) is 10.5 Å². The zero-order chi connectivity index (χ0) is 15.3. The van der Waals surface area contributed by atoms with E-state index in [1.807, 2.05) is 13.8 Å². The Bertz CT molecular complexity index is 488. The quantitative estimate of drug-likeness (QED) is 0.785. The van der Waals surface area contributed by atoms with E-state index in [1.54, 1.807) is 30.8 Å². The molecule has 0 aliphatic heterocycles. The predicted octanol–water partition coefficient (Wildman–Crippen LogP) is 1.94. The normalized spacial score (nSPS) is 13.0. The summed E-state index contributed by atoms with van der Waals surface area (Å²) in [4.78, 5) is 23.6. The molecule has 7 heteroatoms. The van der Waals surface area contributed by atoms with Gasteiger partial charge in [0.15, 0.2) is 0 Å². The van der Waals surface area contributed by atoms with Gasteiger partial charge in [-0.25, -0.2) is 4.79 Å². The number of halogens is 1. The van der Waals surface area contributed by atoms with Gasteiger partial charge in [0, 0.05) is 13.2 Å². The van der Waals surface area contributed by atoms with Crippen LogP contribution in [0.2, 0.25) is 0 Å². The highest BCUT2D eigenvalue weighted by atomic mass is 35.5. The van der Waals surface area contributed by atoms with E-state index in [-0.39, 0.29) is 24.2 Å². The van der Waals surface area contributed by atoms with Crippen LogP contribution < -0.4 is 11.1 Å². The molecular formula is C14H24ClN3O3. The van der Waals surface area contributed by atoms with Crippen LogP contribution in [0.1, 0.15) is 37.7 Å². The second-order valence-electron chi connectivity index (χ2n) is 4.85. The van der Waals surface area contributed by atoms with Crippen molar-refractivity contribution in [2.75, 3.05) is 11.9 Å². The van der Waals surface area contributed by atoms with Crippen molar-refractivity contribution in [2.45, 2.75) is 33.2 Å². The molecule has 21 heavy (non-hydrogen) atoms. The minimum Gasteiger partial charge on any atom is -0.461 e.